The van der Waals surface area contributed by atoms with Crippen LogP contribution < -0.4 is 4.72 Å². The molecule has 0 bridgehead atoms. The Morgan fingerprint density at radius 3 is 2.64 bits per heavy atom. The van der Waals surface area contributed by atoms with Gasteiger partial charge in [-0.25, -0.2) is 8.42 Å². The molecule has 2 aromatic rings. The lowest BCUT2D eigenvalue weighted by Crippen LogP contribution is -2.42. The largest absolute Gasteiger partial charge is 0.366 e. The highest BCUT2D eigenvalue weighted by Gasteiger charge is 2.27. The maximum atomic E-state index is 12.6. The van der Waals surface area contributed by atoms with Crippen LogP contribution in [0.2, 0.25) is 0 Å². The molecule has 3 rings (SSSR count). The number of rotatable bonds is 6. The number of hydrogen-bond acceptors (Lipinski definition) is 6. The lowest BCUT2D eigenvalue weighted by atomic mass is 9.99. The van der Waals surface area contributed by atoms with Gasteiger partial charge in [0.25, 0.3) is 15.9 Å². The zero-order chi connectivity index (χ0) is 20.5. The van der Waals surface area contributed by atoms with Crippen molar-refractivity contribution in [1.82, 2.24) is 10.1 Å². The van der Waals surface area contributed by atoms with Crippen molar-refractivity contribution in [3.63, 3.8) is 0 Å². The highest BCUT2D eigenvalue weighted by Crippen LogP contribution is 2.24. The van der Waals surface area contributed by atoms with Gasteiger partial charge in [0.1, 0.15) is 11.9 Å². The summed E-state index contributed by atoms with van der Waals surface area (Å²) in [6.07, 6.45) is 0.0932. The first-order valence-corrected chi connectivity index (χ1v) is 10.7. The molecular weight excluding hydrogens is 382 g/mol. The summed E-state index contributed by atoms with van der Waals surface area (Å²) in [5.41, 5.74) is 1.85. The van der Waals surface area contributed by atoms with E-state index in [2.05, 4.69) is 9.88 Å². The molecule has 0 saturated heterocycles. The number of ether oxygens (including phenoxy) is 1. The number of sulfonamides is 1. The van der Waals surface area contributed by atoms with Crippen LogP contribution in [0.4, 0.5) is 5.82 Å². The molecule has 0 aliphatic carbocycles. The number of benzene rings is 1. The predicted octanol–water partition coefficient (Wildman–Crippen LogP) is 2.48. The Balaban J connectivity index is 1.78. The predicted molar refractivity (Wildman–Crippen MR) is 103 cm³/mol. The summed E-state index contributed by atoms with van der Waals surface area (Å²) < 4.78 is 38.2. The number of nitrogens with one attached hydrogen (secondary N) is 1. The van der Waals surface area contributed by atoms with E-state index in [1.54, 1.807) is 36.9 Å². The van der Waals surface area contributed by atoms with Crippen molar-refractivity contribution >= 4 is 21.7 Å². The van der Waals surface area contributed by atoms with E-state index in [0.29, 0.717) is 25.3 Å². The lowest BCUT2D eigenvalue weighted by molar-refractivity contribution is -0.146. The van der Waals surface area contributed by atoms with Crippen molar-refractivity contribution in [2.24, 2.45) is 0 Å². The Morgan fingerprint density at radius 1 is 1.25 bits per heavy atom. The molecule has 1 aliphatic rings. The molecule has 1 unspecified atom stereocenters. The number of anilines is 1. The van der Waals surface area contributed by atoms with E-state index in [4.69, 9.17) is 9.26 Å². The van der Waals surface area contributed by atoms with Gasteiger partial charge in [-0.15, -0.1) is 0 Å². The van der Waals surface area contributed by atoms with Gasteiger partial charge in [-0.3, -0.25) is 9.52 Å². The van der Waals surface area contributed by atoms with Gasteiger partial charge in [0.05, 0.1) is 11.0 Å². The van der Waals surface area contributed by atoms with Crippen LogP contribution in [0.25, 0.3) is 0 Å². The second-order valence-corrected chi connectivity index (χ2v) is 8.88. The molecule has 2 heterocycles. The van der Waals surface area contributed by atoms with Gasteiger partial charge < -0.3 is 14.2 Å². The maximum absolute atomic E-state index is 12.6. The van der Waals surface area contributed by atoms with Gasteiger partial charge in [-0.2, -0.15) is 0 Å². The minimum atomic E-state index is -3.80. The van der Waals surface area contributed by atoms with Crippen LogP contribution in [0.15, 0.2) is 33.7 Å². The summed E-state index contributed by atoms with van der Waals surface area (Å²) in [5.74, 6) is 0.547. The van der Waals surface area contributed by atoms with E-state index >= 15 is 0 Å². The molecule has 0 saturated carbocycles. The Hall–Kier alpha value is -2.39. The van der Waals surface area contributed by atoms with Gasteiger partial charge in [0.2, 0.25) is 0 Å². The fourth-order valence-electron chi connectivity index (χ4n) is 3.22. The standard InChI is InChI=1S/C19H25N3O5S/c1-12(2)26-14(4)19(23)22-8-7-15-5-6-17(10-16(15)11-22)28(24,25)21-18-9-13(3)27-20-18/h5-6,9-10,12,14H,7-8,11H2,1-4H3,(H,20,21). The molecule has 1 aliphatic heterocycles. The average Bonchev–Trinajstić information content (AvgIpc) is 3.03. The number of carbonyl (C=O) groups excluding carboxylic acids is 1. The van der Waals surface area contributed by atoms with Crippen LogP contribution in [-0.4, -0.2) is 43.1 Å². The highest BCUT2D eigenvalue weighted by atomic mass is 32.2. The number of amides is 1. The Morgan fingerprint density at radius 2 is 2.00 bits per heavy atom. The molecule has 0 fully saturated rings. The van der Waals surface area contributed by atoms with Crippen molar-refractivity contribution in [1.29, 1.82) is 0 Å². The van der Waals surface area contributed by atoms with Crippen LogP contribution >= 0.6 is 0 Å². The number of aromatic nitrogens is 1. The summed E-state index contributed by atoms with van der Waals surface area (Å²) in [6.45, 7) is 8.13. The van der Waals surface area contributed by atoms with Gasteiger partial charge in [-0.05, 0) is 57.4 Å². The first kappa shape index (κ1) is 20.3. The van der Waals surface area contributed by atoms with E-state index in [1.165, 1.54) is 6.07 Å². The van der Waals surface area contributed by atoms with Crippen LogP contribution in [0.1, 0.15) is 37.7 Å². The lowest BCUT2D eigenvalue weighted by Gasteiger charge is -2.31. The monoisotopic (exact) mass is 407 g/mol. The Bertz CT molecular complexity index is 968. The fraction of sp³-hybridized carbons (Fsp3) is 0.474. The van der Waals surface area contributed by atoms with Gasteiger partial charge in [0, 0.05) is 19.2 Å². The first-order chi connectivity index (χ1) is 13.2. The van der Waals surface area contributed by atoms with Crippen molar-refractivity contribution in [2.45, 2.75) is 57.8 Å². The van der Waals surface area contributed by atoms with Crippen molar-refractivity contribution in [3.05, 3.63) is 41.2 Å². The fourth-order valence-corrected chi connectivity index (χ4v) is 4.26. The van der Waals surface area contributed by atoms with Crippen LogP contribution in [0.5, 0.6) is 0 Å². The normalized spacial score (nSPS) is 15.4. The van der Waals surface area contributed by atoms with Crippen LogP contribution in [0, 0.1) is 6.92 Å². The average molecular weight is 407 g/mol. The molecule has 1 N–H and O–H groups in total. The molecular formula is C19H25N3O5S. The molecule has 1 amide bonds. The molecule has 0 spiro atoms. The zero-order valence-electron chi connectivity index (χ0n) is 16.4. The number of nitrogens with zero attached hydrogens (tertiary/aromatic N) is 2. The van der Waals surface area contributed by atoms with Crippen molar-refractivity contribution < 1.29 is 22.5 Å². The van der Waals surface area contributed by atoms with E-state index in [-0.39, 0.29) is 22.7 Å². The third-order valence-electron chi connectivity index (χ3n) is 4.50. The van der Waals surface area contributed by atoms with E-state index in [9.17, 15) is 13.2 Å². The molecule has 9 heteroatoms. The highest BCUT2D eigenvalue weighted by molar-refractivity contribution is 7.92. The van der Waals surface area contributed by atoms with Gasteiger partial charge in [-0.1, -0.05) is 11.2 Å². The van der Waals surface area contributed by atoms with E-state index in [0.717, 1.165) is 11.1 Å². The summed E-state index contributed by atoms with van der Waals surface area (Å²) in [6, 6.07) is 6.48. The summed E-state index contributed by atoms with van der Waals surface area (Å²) >= 11 is 0. The molecule has 28 heavy (non-hydrogen) atoms. The molecule has 1 aromatic carbocycles. The van der Waals surface area contributed by atoms with Crippen molar-refractivity contribution in [3.8, 4) is 0 Å². The molecule has 152 valence electrons. The molecule has 1 atom stereocenters. The molecule has 1 aromatic heterocycles. The second-order valence-electron chi connectivity index (χ2n) is 7.20. The number of hydrogen-bond donors (Lipinski definition) is 1. The van der Waals surface area contributed by atoms with Gasteiger partial charge >= 0.3 is 0 Å². The summed E-state index contributed by atoms with van der Waals surface area (Å²) in [7, 11) is -3.80. The Kier molecular flexibility index (Phi) is 5.76. The van der Waals surface area contributed by atoms with Gasteiger partial charge in [0.15, 0.2) is 5.82 Å². The third-order valence-corrected chi connectivity index (χ3v) is 5.86. The SMILES string of the molecule is Cc1cc(NS(=O)(=O)c2ccc3c(c2)CN(C(=O)C(C)OC(C)C)CC3)no1. The van der Waals surface area contributed by atoms with E-state index < -0.39 is 16.1 Å². The van der Waals surface area contributed by atoms with Crippen LogP contribution in [-0.2, 0) is 32.5 Å². The Labute approximate surface area is 164 Å². The second kappa shape index (κ2) is 7.92. The van der Waals surface area contributed by atoms with E-state index in [1.807, 2.05) is 13.8 Å². The van der Waals surface area contributed by atoms with Crippen LogP contribution in [0.3, 0.4) is 0 Å². The zero-order valence-corrected chi connectivity index (χ0v) is 17.2. The van der Waals surface area contributed by atoms with Crippen molar-refractivity contribution in [2.75, 3.05) is 11.3 Å². The summed E-state index contributed by atoms with van der Waals surface area (Å²) in [4.78, 5) is 14.4. The number of aryl methyl sites for hydroxylation is 1. The smallest absolute Gasteiger partial charge is 0.263 e. The number of carbonyl (C=O) groups is 1. The molecule has 0 radical (unpaired) electrons. The minimum absolute atomic E-state index is 0.0426. The topological polar surface area (TPSA) is 102 Å². The maximum Gasteiger partial charge on any atom is 0.263 e. The first-order valence-electron chi connectivity index (χ1n) is 9.18. The number of fused-ring (bicyclic) bond motifs is 1. The quantitative estimate of drug-likeness (QED) is 0.789. The minimum Gasteiger partial charge on any atom is -0.366 e. The third kappa shape index (κ3) is 4.53. The molecule has 8 nitrogen and oxygen atoms in total. The summed E-state index contributed by atoms with van der Waals surface area (Å²) in [5, 5.41) is 3.66.